The minimum Gasteiger partial charge on any atom is -0.373 e. The standard InChI is InChI=1S/C26H28N4O2/c1-17-4-3-5-19-16-23(28-24(17)19)25(31)27-22-9-8-18-6-7-20(14-21(18)15-22)26(32)30-12-10-29(2)11-13-30/h3-9,14-15,23,28H,10-13,16H2,1-2H3,(H,27,31). The maximum absolute atomic E-state index is 13.0. The number of para-hydroxylation sites is 1. The quantitative estimate of drug-likeness (QED) is 0.670. The van der Waals surface area contributed by atoms with E-state index in [0.717, 1.165) is 53.9 Å². The number of carbonyl (C=O) groups excluding carboxylic acids is 2. The molecule has 0 bridgehead atoms. The summed E-state index contributed by atoms with van der Waals surface area (Å²) in [5.74, 6) is 0.0161. The third kappa shape index (κ3) is 3.94. The molecule has 1 atom stereocenters. The Kier molecular flexibility index (Phi) is 5.31. The number of anilines is 2. The van der Waals surface area contributed by atoms with Crippen LogP contribution >= 0.6 is 0 Å². The summed E-state index contributed by atoms with van der Waals surface area (Å²) in [5.41, 5.74) is 4.82. The number of amides is 2. The molecule has 2 aliphatic rings. The number of nitrogens with one attached hydrogen (secondary N) is 2. The zero-order chi connectivity index (χ0) is 22.2. The number of benzene rings is 3. The fourth-order valence-electron chi connectivity index (χ4n) is 4.59. The first-order valence-corrected chi connectivity index (χ1v) is 11.2. The SMILES string of the molecule is Cc1cccc2c1NC(C(=O)Nc1ccc3ccc(C(=O)N4CCN(C)CC4)cc3c1)C2. The molecule has 2 heterocycles. The van der Waals surface area contributed by atoms with Gasteiger partial charge in [-0.3, -0.25) is 9.59 Å². The summed E-state index contributed by atoms with van der Waals surface area (Å²) in [6, 6.07) is 17.5. The van der Waals surface area contributed by atoms with Gasteiger partial charge in [0.15, 0.2) is 0 Å². The van der Waals surface area contributed by atoms with Gasteiger partial charge in [-0.1, -0.05) is 30.3 Å². The molecule has 0 spiro atoms. The predicted octanol–water partition coefficient (Wildman–Crippen LogP) is 3.51. The molecule has 1 saturated heterocycles. The average molecular weight is 429 g/mol. The molecule has 6 heteroatoms. The minimum absolute atomic E-state index is 0.0513. The lowest BCUT2D eigenvalue weighted by atomic mass is 10.0. The number of rotatable bonds is 3. The van der Waals surface area contributed by atoms with Crippen molar-refractivity contribution < 1.29 is 9.59 Å². The van der Waals surface area contributed by atoms with Crippen molar-refractivity contribution in [3.8, 4) is 0 Å². The van der Waals surface area contributed by atoms with Gasteiger partial charge >= 0.3 is 0 Å². The number of aryl methyl sites for hydroxylation is 1. The summed E-state index contributed by atoms with van der Waals surface area (Å²) in [7, 11) is 2.08. The highest BCUT2D eigenvalue weighted by molar-refractivity contribution is 6.02. The number of likely N-dealkylation sites (N-methyl/N-ethyl adjacent to an activating group) is 1. The van der Waals surface area contributed by atoms with Crippen molar-refractivity contribution in [3.05, 3.63) is 71.3 Å². The molecule has 0 aromatic heterocycles. The summed E-state index contributed by atoms with van der Waals surface area (Å²) < 4.78 is 0. The molecule has 1 fully saturated rings. The fourth-order valence-corrected chi connectivity index (χ4v) is 4.59. The largest absolute Gasteiger partial charge is 0.373 e. The molecule has 32 heavy (non-hydrogen) atoms. The molecule has 2 amide bonds. The number of hydrogen-bond donors (Lipinski definition) is 2. The van der Waals surface area contributed by atoms with Crippen LogP contribution in [-0.2, 0) is 11.2 Å². The van der Waals surface area contributed by atoms with Crippen LogP contribution in [0, 0.1) is 6.92 Å². The van der Waals surface area contributed by atoms with Crippen LogP contribution in [-0.4, -0.2) is 60.9 Å². The molecule has 5 rings (SSSR count). The van der Waals surface area contributed by atoms with E-state index in [1.807, 2.05) is 47.4 Å². The van der Waals surface area contributed by atoms with Gasteiger partial charge in [-0.25, -0.2) is 0 Å². The highest BCUT2D eigenvalue weighted by atomic mass is 16.2. The molecule has 2 aliphatic heterocycles. The number of nitrogens with zero attached hydrogens (tertiary/aromatic N) is 2. The lowest BCUT2D eigenvalue weighted by molar-refractivity contribution is -0.116. The van der Waals surface area contributed by atoms with Crippen LogP contribution in [0.5, 0.6) is 0 Å². The number of hydrogen-bond acceptors (Lipinski definition) is 4. The molecule has 3 aromatic carbocycles. The van der Waals surface area contributed by atoms with E-state index in [0.29, 0.717) is 12.0 Å². The van der Waals surface area contributed by atoms with Gasteiger partial charge in [0.05, 0.1) is 0 Å². The summed E-state index contributed by atoms with van der Waals surface area (Å²) >= 11 is 0. The van der Waals surface area contributed by atoms with E-state index < -0.39 is 0 Å². The van der Waals surface area contributed by atoms with Gasteiger partial charge in [0.25, 0.3) is 5.91 Å². The zero-order valence-corrected chi connectivity index (χ0v) is 18.5. The van der Waals surface area contributed by atoms with Crippen molar-refractivity contribution >= 4 is 34.0 Å². The molecule has 3 aromatic rings. The maximum atomic E-state index is 13.0. The van der Waals surface area contributed by atoms with E-state index in [1.54, 1.807) is 0 Å². The van der Waals surface area contributed by atoms with E-state index in [-0.39, 0.29) is 17.9 Å². The molecule has 0 aliphatic carbocycles. The molecule has 0 radical (unpaired) electrons. The van der Waals surface area contributed by atoms with E-state index >= 15 is 0 Å². The summed E-state index contributed by atoms with van der Waals surface area (Å²) in [5, 5.41) is 8.39. The van der Waals surface area contributed by atoms with Crippen LogP contribution in [0.4, 0.5) is 11.4 Å². The first-order valence-electron chi connectivity index (χ1n) is 11.2. The Morgan fingerprint density at radius 1 is 0.969 bits per heavy atom. The molecule has 6 nitrogen and oxygen atoms in total. The van der Waals surface area contributed by atoms with E-state index in [1.165, 1.54) is 5.56 Å². The van der Waals surface area contributed by atoms with E-state index in [4.69, 9.17) is 0 Å². The highest BCUT2D eigenvalue weighted by Crippen LogP contribution is 2.30. The van der Waals surface area contributed by atoms with Crippen molar-refractivity contribution in [2.24, 2.45) is 0 Å². The smallest absolute Gasteiger partial charge is 0.253 e. The van der Waals surface area contributed by atoms with E-state index in [9.17, 15) is 9.59 Å². The van der Waals surface area contributed by atoms with E-state index in [2.05, 4.69) is 41.6 Å². The third-order valence-electron chi connectivity index (χ3n) is 6.56. The molecule has 164 valence electrons. The summed E-state index contributed by atoms with van der Waals surface area (Å²) in [6.45, 7) is 5.35. The van der Waals surface area contributed by atoms with Crippen molar-refractivity contribution in [1.29, 1.82) is 0 Å². The lowest BCUT2D eigenvalue weighted by Gasteiger charge is -2.32. The Balaban J connectivity index is 1.31. The van der Waals surface area contributed by atoms with Crippen LogP contribution in [0.3, 0.4) is 0 Å². The average Bonchev–Trinajstić information content (AvgIpc) is 3.25. The van der Waals surface area contributed by atoms with Crippen molar-refractivity contribution in [2.45, 2.75) is 19.4 Å². The first kappa shape index (κ1) is 20.5. The Bertz CT molecular complexity index is 1200. The minimum atomic E-state index is -0.285. The highest BCUT2D eigenvalue weighted by Gasteiger charge is 2.27. The summed E-state index contributed by atoms with van der Waals surface area (Å²) in [6.07, 6.45) is 0.681. The Hall–Kier alpha value is -3.38. The Labute approximate surface area is 188 Å². The van der Waals surface area contributed by atoms with Crippen molar-refractivity contribution in [3.63, 3.8) is 0 Å². The molecular formula is C26H28N4O2. The fraction of sp³-hybridized carbons (Fsp3) is 0.308. The summed E-state index contributed by atoms with van der Waals surface area (Å²) in [4.78, 5) is 30.0. The van der Waals surface area contributed by atoms with Crippen LogP contribution in [0.1, 0.15) is 21.5 Å². The van der Waals surface area contributed by atoms with Gasteiger partial charge in [0.2, 0.25) is 5.91 Å². The topological polar surface area (TPSA) is 64.7 Å². The number of carbonyl (C=O) groups is 2. The Morgan fingerprint density at radius 2 is 1.75 bits per heavy atom. The second kappa shape index (κ2) is 8.28. The Morgan fingerprint density at radius 3 is 2.53 bits per heavy atom. The molecule has 2 N–H and O–H groups in total. The van der Waals surface area contributed by atoms with Gasteiger partial charge in [-0.15, -0.1) is 0 Å². The number of fused-ring (bicyclic) bond motifs is 2. The van der Waals surface area contributed by atoms with Gasteiger partial charge in [-0.2, -0.15) is 0 Å². The molecular weight excluding hydrogens is 400 g/mol. The van der Waals surface area contributed by atoms with Crippen LogP contribution < -0.4 is 10.6 Å². The predicted molar refractivity (Wildman–Crippen MR) is 128 cm³/mol. The van der Waals surface area contributed by atoms with Crippen LogP contribution in [0.2, 0.25) is 0 Å². The van der Waals surface area contributed by atoms with Crippen molar-refractivity contribution in [1.82, 2.24) is 9.80 Å². The second-order valence-corrected chi connectivity index (χ2v) is 8.87. The maximum Gasteiger partial charge on any atom is 0.253 e. The third-order valence-corrected chi connectivity index (χ3v) is 6.56. The normalized spacial score (nSPS) is 18.3. The van der Waals surface area contributed by atoms with Crippen molar-refractivity contribution in [2.75, 3.05) is 43.9 Å². The molecule has 1 unspecified atom stereocenters. The monoisotopic (exact) mass is 428 g/mol. The van der Waals surface area contributed by atoms with Gasteiger partial charge in [-0.05, 0) is 60.1 Å². The van der Waals surface area contributed by atoms with Gasteiger partial charge in [0.1, 0.15) is 6.04 Å². The van der Waals surface area contributed by atoms with Crippen LogP contribution in [0.25, 0.3) is 10.8 Å². The van der Waals surface area contributed by atoms with Gasteiger partial charge < -0.3 is 20.4 Å². The lowest BCUT2D eigenvalue weighted by Crippen LogP contribution is -2.47. The van der Waals surface area contributed by atoms with Gasteiger partial charge in [0, 0.05) is 49.5 Å². The zero-order valence-electron chi connectivity index (χ0n) is 18.5. The number of piperazine rings is 1. The first-order chi connectivity index (χ1) is 15.5. The van der Waals surface area contributed by atoms with Crippen LogP contribution in [0.15, 0.2) is 54.6 Å². The molecule has 0 saturated carbocycles. The second-order valence-electron chi connectivity index (χ2n) is 8.87.